The maximum atomic E-state index is 12.1. The normalized spacial score (nSPS) is 39.3. The van der Waals surface area contributed by atoms with Gasteiger partial charge in [0.25, 0.3) is 0 Å². The highest BCUT2D eigenvalue weighted by Gasteiger charge is 2.52. The number of aliphatic hydroxyl groups is 3. The predicted octanol–water partition coefficient (Wildman–Crippen LogP) is -2.79. The van der Waals surface area contributed by atoms with E-state index in [9.17, 15) is 20.1 Å². The monoisotopic (exact) mass is 325 g/mol. The Hall–Kier alpha value is -1.72. The van der Waals surface area contributed by atoms with Gasteiger partial charge in [0.05, 0.1) is 6.61 Å². The van der Waals surface area contributed by atoms with Crippen molar-refractivity contribution in [3.8, 4) is 0 Å². The molecule has 3 aliphatic heterocycles. The molecule has 0 spiro atoms. The molecule has 126 valence electrons. The first kappa shape index (κ1) is 16.1. The third-order valence-corrected chi connectivity index (χ3v) is 4.24. The Kier molecular flexibility index (Phi) is 4.02. The second kappa shape index (κ2) is 5.73. The van der Waals surface area contributed by atoms with Crippen LogP contribution in [0, 0.1) is 0 Å². The number of amidine groups is 1. The fourth-order valence-corrected chi connectivity index (χ4v) is 2.89. The molecule has 5 atom stereocenters. The number of ether oxygens (including phenoxy) is 1. The van der Waals surface area contributed by atoms with Crippen LogP contribution in [0.2, 0.25) is 0 Å². The molecule has 0 saturated carbocycles. The number of aliphatic hydroxyl groups excluding tert-OH is 3. The lowest BCUT2D eigenvalue weighted by molar-refractivity contribution is -0.121. The summed E-state index contributed by atoms with van der Waals surface area (Å²) in [5.41, 5.74) is 4.71. The highest BCUT2D eigenvalue weighted by molar-refractivity contribution is 6.51. The molecular weight excluding hydrogens is 306 g/mol. The van der Waals surface area contributed by atoms with Crippen molar-refractivity contribution in [1.29, 1.82) is 0 Å². The van der Waals surface area contributed by atoms with E-state index in [1.165, 1.54) is 11.2 Å². The number of nitrogens with two attached hydrogens (primary N) is 1. The van der Waals surface area contributed by atoms with E-state index in [0.717, 1.165) is 0 Å². The van der Waals surface area contributed by atoms with Gasteiger partial charge in [-0.2, -0.15) is 0 Å². The highest BCUT2D eigenvalue weighted by atomic mass is 16.6. The lowest BCUT2D eigenvalue weighted by atomic mass is 9.96. The second-order valence-electron chi connectivity index (χ2n) is 5.59. The molecule has 3 aliphatic rings. The Labute approximate surface area is 132 Å². The predicted molar refractivity (Wildman–Crippen MR) is 80.0 cm³/mol. The van der Waals surface area contributed by atoms with Crippen molar-refractivity contribution >= 4 is 23.7 Å². The molecule has 0 amide bonds. The Bertz CT molecular complexity index is 606. The zero-order chi connectivity index (χ0) is 16.8. The summed E-state index contributed by atoms with van der Waals surface area (Å²) in [6, 6.07) is 0. The molecule has 0 aromatic carbocycles. The maximum Gasteiger partial charge on any atom is 0.214 e. The molecule has 0 bridgehead atoms. The molecule has 1 fully saturated rings. The second-order valence-corrected chi connectivity index (χ2v) is 5.59. The van der Waals surface area contributed by atoms with Crippen molar-refractivity contribution in [3.05, 3.63) is 0 Å². The van der Waals surface area contributed by atoms with Gasteiger partial charge in [0.1, 0.15) is 37.0 Å². The zero-order valence-electron chi connectivity index (χ0n) is 12.5. The molecule has 0 aliphatic carbocycles. The Morgan fingerprint density at radius 3 is 2.87 bits per heavy atom. The topological polar surface area (TPSA) is 153 Å². The first-order chi connectivity index (χ1) is 10.9. The number of hydrogen-bond donors (Lipinski definition) is 4. The molecule has 0 radical (unpaired) electrons. The van der Waals surface area contributed by atoms with Gasteiger partial charge in [0.15, 0.2) is 17.8 Å². The first-order valence-electron chi connectivity index (χ1n) is 7.32. The standard InChI is InChI=1S/C13H19N5O5/c1-2-7(20)13(14)10-11(15-4-17-13)18(5-16-10)12-9(22)8(21)6(3-19)23-12/h4,6,8-9,12,19,21-22H,2-3,5,14H2,1H3/t6-,8-,9-,12-,13?/m1/s1. The van der Waals surface area contributed by atoms with Gasteiger partial charge in [-0.15, -0.1) is 0 Å². The molecule has 10 nitrogen and oxygen atoms in total. The van der Waals surface area contributed by atoms with Crippen molar-refractivity contribution in [1.82, 2.24) is 4.90 Å². The van der Waals surface area contributed by atoms with Crippen molar-refractivity contribution < 1.29 is 24.9 Å². The Balaban J connectivity index is 1.87. The molecule has 5 N–H and O–H groups in total. The zero-order valence-corrected chi connectivity index (χ0v) is 12.5. The number of carbonyl (C=O) groups is 1. The fraction of sp³-hybridized carbons (Fsp3) is 0.692. The molecule has 3 rings (SSSR count). The minimum absolute atomic E-state index is 0.0556. The summed E-state index contributed by atoms with van der Waals surface area (Å²) in [5, 5.41) is 29.2. The van der Waals surface area contributed by atoms with Crippen LogP contribution in [0.25, 0.3) is 0 Å². The summed E-state index contributed by atoms with van der Waals surface area (Å²) in [6.45, 7) is 1.30. The van der Waals surface area contributed by atoms with Crippen LogP contribution in [-0.2, 0) is 9.53 Å². The van der Waals surface area contributed by atoms with E-state index in [2.05, 4.69) is 15.0 Å². The number of aliphatic imine (C=N–C) groups is 3. The van der Waals surface area contributed by atoms with E-state index < -0.39 is 36.8 Å². The number of ketones is 1. The number of carbonyl (C=O) groups excluding carboxylic acids is 1. The Morgan fingerprint density at radius 2 is 2.26 bits per heavy atom. The van der Waals surface area contributed by atoms with Gasteiger partial charge in [-0.25, -0.2) is 9.98 Å². The summed E-state index contributed by atoms with van der Waals surface area (Å²) in [4.78, 5) is 25.9. The van der Waals surface area contributed by atoms with E-state index >= 15 is 0 Å². The Morgan fingerprint density at radius 1 is 1.52 bits per heavy atom. The largest absolute Gasteiger partial charge is 0.394 e. The molecule has 10 heteroatoms. The van der Waals surface area contributed by atoms with Crippen molar-refractivity contribution in [2.45, 2.75) is 43.5 Å². The van der Waals surface area contributed by atoms with Gasteiger partial charge in [-0.1, -0.05) is 6.92 Å². The number of fused-ring (bicyclic) bond motifs is 1. The molecule has 1 saturated heterocycles. The van der Waals surface area contributed by atoms with E-state index in [1.54, 1.807) is 6.92 Å². The number of hydrogen-bond acceptors (Lipinski definition) is 10. The molecule has 0 aromatic rings. The molecule has 23 heavy (non-hydrogen) atoms. The average Bonchev–Trinajstić information content (AvgIpc) is 3.10. The van der Waals surface area contributed by atoms with Crippen LogP contribution in [0.1, 0.15) is 13.3 Å². The van der Waals surface area contributed by atoms with Crippen LogP contribution in [-0.4, -0.2) is 87.4 Å². The SMILES string of the molecule is CCC(=O)C1(N)N=CN=C2C1=NCN2[C@@H]1O[C@H](CO)[C@@H](O)[C@H]1O. The van der Waals surface area contributed by atoms with Crippen LogP contribution < -0.4 is 5.73 Å². The summed E-state index contributed by atoms with van der Waals surface area (Å²) < 4.78 is 5.47. The van der Waals surface area contributed by atoms with Gasteiger partial charge >= 0.3 is 0 Å². The van der Waals surface area contributed by atoms with Gasteiger partial charge < -0.3 is 25.0 Å². The number of nitrogens with zero attached hydrogens (tertiary/aromatic N) is 4. The van der Waals surface area contributed by atoms with Crippen LogP contribution in [0.15, 0.2) is 15.0 Å². The molecule has 3 heterocycles. The molecular formula is C13H19N5O5. The average molecular weight is 325 g/mol. The minimum Gasteiger partial charge on any atom is -0.394 e. The van der Waals surface area contributed by atoms with E-state index in [-0.39, 0.29) is 30.4 Å². The first-order valence-corrected chi connectivity index (χ1v) is 7.32. The fourth-order valence-electron chi connectivity index (χ4n) is 2.89. The summed E-state index contributed by atoms with van der Waals surface area (Å²) in [6.07, 6.45) is -2.97. The number of rotatable bonds is 4. The lowest BCUT2D eigenvalue weighted by Gasteiger charge is -2.31. The third kappa shape index (κ3) is 2.30. The van der Waals surface area contributed by atoms with E-state index in [4.69, 9.17) is 10.5 Å². The third-order valence-electron chi connectivity index (χ3n) is 4.24. The summed E-state index contributed by atoms with van der Waals surface area (Å²) >= 11 is 0. The minimum atomic E-state index is -1.60. The van der Waals surface area contributed by atoms with Crippen LogP contribution in [0.5, 0.6) is 0 Å². The van der Waals surface area contributed by atoms with Gasteiger partial charge in [-0.05, 0) is 0 Å². The number of Topliss-reactive ketones (excluding diaryl/α,β-unsaturated/α-hetero) is 1. The quantitative estimate of drug-likeness (QED) is 0.436. The highest BCUT2D eigenvalue weighted by Crippen LogP contribution is 2.29. The van der Waals surface area contributed by atoms with Crippen molar-refractivity contribution in [3.63, 3.8) is 0 Å². The van der Waals surface area contributed by atoms with E-state index in [0.29, 0.717) is 0 Å². The molecule has 1 unspecified atom stereocenters. The van der Waals surface area contributed by atoms with Gasteiger partial charge in [-0.3, -0.25) is 15.5 Å². The summed E-state index contributed by atoms with van der Waals surface area (Å²) in [7, 11) is 0. The van der Waals surface area contributed by atoms with Crippen LogP contribution in [0.4, 0.5) is 0 Å². The van der Waals surface area contributed by atoms with Gasteiger partial charge in [0, 0.05) is 6.42 Å². The maximum absolute atomic E-state index is 12.1. The van der Waals surface area contributed by atoms with Crippen LogP contribution in [0.3, 0.4) is 0 Å². The van der Waals surface area contributed by atoms with Crippen LogP contribution >= 0.6 is 0 Å². The van der Waals surface area contributed by atoms with E-state index in [1.807, 2.05) is 0 Å². The van der Waals surface area contributed by atoms with Crippen molar-refractivity contribution in [2.24, 2.45) is 20.7 Å². The smallest absolute Gasteiger partial charge is 0.214 e. The van der Waals surface area contributed by atoms with Crippen molar-refractivity contribution in [2.75, 3.05) is 13.3 Å². The molecule has 0 aromatic heterocycles. The van der Waals surface area contributed by atoms with Gasteiger partial charge in [0.2, 0.25) is 5.66 Å². The summed E-state index contributed by atoms with van der Waals surface area (Å²) in [5.74, 6) is -0.0259. The lowest BCUT2D eigenvalue weighted by Crippen LogP contribution is -2.59.